The zero-order chi connectivity index (χ0) is 21.3. The number of hydrogen-bond donors (Lipinski definition) is 2. The maximum Gasteiger partial charge on any atom is 0.274 e. The summed E-state index contributed by atoms with van der Waals surface area (Å²) in [4.78, 5) is 29.0. The number of nitrogens with two attached hydrogens (primary N) is 1. The van der Waals surface area contributed by atoms with Crippen LogP contribution in [-0.2, 0) is 6.54 Å². The highest BCUT2D eigenvalue weighted by Crippen LogP contribution is 2.20. The van der Waals surface area contributed by atoms with Gasteiger partial charge in [-0.1, -0.05) is 30.3 Å². The van der Waals surface area contributed by atoms with Crippen molar-refractivity contribution < 1.29 is 14.0 Å². The summed E-state index contributed by atoms with van der Waals surface area (Å²) in [5.74, 6) is -1.42. The lowest BCUT2D eigenvalue weighted by molar-refractivity contribution is 0.100. The van der Waals surface area contributed by atoms with Crippen LogP contribution in [0.3, 0.4) is 0 Å². The van der Waals surface area contributed by atoms with Gasteiger partial charge in [0.1, 0.15) is 11.5 Å². The zero-order valence-electron chi connectivity index (χ0n) is 16.1. The van der Waals surface area contributed by atoms with Gasteiger partial charge in [-0.25, -0.2) is 9.37 Å². The molecule has 0 radical (unpaired) electrons. The Hall–Kier alpha value is -4.07. The van der Waals surface area contributed by atoms with Crippen molar-refractivity contribution in [2.75, 3.05) is 5.32 Å². The molecule has 4 rings (SSSR count). The maximum absolute atomic E-state index is 13.1. The van der Waals surface area contributed by atoms with Crippen molar-refractivity contribution in [3.63, 3.8) is 0 Å². The van der Waals surface area contributed by atoms with Crippen LogP contribution in [0.25, 0.3) is 10.9 Å². The Morgan fingerprint density at radius 2 is 1.87 bits per heavy atom. The molecular formula is C22H18FN5O2. The minimum Gasteiger partial charge on any atom is -0.366 e. The monoisotopic (exact) mass is 403 g/mol. The number of carbonyl (C=O) groups excluding carboxylic acids is 2. The second-order valence-electron chi connectivity index (χ2n) is 6.82. The predicted octanol–water partition coefficient (Wildman–Crippen LogP) is 3.28. The van der Waals surface area contributed by atoms with E-state index in [4.69, 9.17) is 5.73 Å². The van der Waals surface area contributed by atoms with Crippen LogP contribution in [0.1, 0.15) is 32.1 Å². The first-order chi connectivity index (χ1) is 14.4. The Morgan fingerprint density at radius 1 is 1.13 bits per heavy atom. The van der Waals surface area contributed by atoms with E-state index in [1.54, 1.807) is 41.1 Å². The number of fused-ring (bicyclic) bond motifs is 1. The Labute approximate surface area is 171 Å². The molecule has 0 bridgehead atoms. The highest BCUT2D eigenvalue weighted by molar-refractivity contribution is 6.10. The lowest BCUT2D eigenvalue weighted by Crippen LogP contribution is -2.18. The summed E-state index contributed by atoms with van der Waals surface area (Å²) in [6, 6.07) is 14.5. The highest BCUT2D eigenvalue weighted by Gasteiger charge is 2.17. The number of anilines is 1. The van der Waals surface area contributed by atoms with E-state index in [0.717, 1.165) is 11.3 Å². The van der Waals surface area contributed by atoms with Crippen molar-refractivity contribution in [1.82, 2.24) is 14.8 Å². The van der Waals surface area contributed by atoms with Crippen LogP contribution < -0.4 is 11.1 Å². The number of benzene rings is 2. The number of primary amides is 1. The number of halogens is 1. The van der Waals surface area contributed by atoms with E-state index in [9.17, 15) is 14.0 Å². The van der Waals surface area contributed by atoms with Crippen LogP contribution in [0.5, 0.6) is 0 Å². The van der Waals surface area contributed by atoms with Gasteiger partial charge in [0.25, 0.3) is 5.91 Å². The van der Waals surface area contributed by atoms with E-state index in [2.05, 4.69) is 15.4 Å². The molecule has 0 fully saturated rings. The van der Waals surface area contributed by atoms with Gasteiger partial charge in [0.2, 0.25) is 5.91 Å². The summed E-state index contributed by atoms with van der Waals surface area (Å²) in [5.41, 5.74) is 8.40. The summed E-state index contributed by atoms with van der Waals surface area (Å²) < 4.78 is 14.8. The Bertz CT molecular complexity index is 1260. The highest BCUT2D eigenvalue weighted by atomic mass is 19.1. The third-order valence-corrected chi connectivity index (χ3v) is 4.81. The van der Waals surface area contributed by atoms with Crippen LogP contribution in [0.4, 0.5) is 10.1 Å². The molecule has 8 heteroatoms. The molecule has 2 heterocycles. The average molecular weight is 403 g/mol. The molecule has 0 aliphatic carbocycles. The van der Waals surface area contributed by atoms with Gasteiger partial charge in [0.15, 0.2) is 0 Å². The summed E-state index contributed by atoms with van der Waals surface area (Å²) >= 11 is 0. The second-order valence-corrected chi connectivity index (χ2v) is 6.82. The minimum absolute atomic E-state index is 0.0770. The molecule has 2 aromatic carbocycles. The van der Waals surface area contributed by atoms with E-state index >= 15 is 0 Å². The summed E-state index contributed by atoms with van der Waals surface area (Å²) in [7, 11) is 0. The van der Waals surface area contributed by atoms with Gasteiger partial charge in [-0.3, -0.25) is 14.3 Å². The standard InChI is InChI=1S/C22H18FN5O2/c1-13-20(11-25-28(13)12-14-6-8-15(23)9-7-14)27-22(30)19-10-17(21(24)29)16-4-2-3-5-18(16)26-19/h2-11H,12H2,1H3,(H2,24,29)(H,27,30). The quantitative estimate of drug-likeness (QED) is 0.534. The third kappa shape index (κ3) is 3.75. The second kappa shape index (κ2) is 7.75. The van der Waals surface area contributed by atoms with Gasteiger partial charge in [0, 0.05) is 5.39 Å². The van der Waals surface area contributed by atoms with Gasteiger partial charge in [-0.2, -0.15) is 5.10 Å². The fourth-order valence-electron chi connectivity index (χ4n) is 3.17. The molecule has 150 valence electrons. The van der Waals surface area contributed by atoms with Crippen molar-refractivity contribution in [2.24, 2.45) is 5.73 Å². The predicted molar refractivity (Wildman–Crippen MR) is 111 cm³/mol. The van der Waals surface area contributed by atoms with Gasteiger partial charge in [-0.15, -0.1) is 0 Å². The van der Waals surface area contributed by atoms with E-state index in [0.29, 0.717) is 23.1 Å². The van der Waals surface area contributed by atoms with E-state index < -0.39 is 11.8 Å². The average Bonchev–Trinajstić information content (AvgIpc) is 3.08. The first kappa shape index (κ1) is 19.3. The Morgan fingerprint density at radius 3 is 2.60 bits per heavy atom. The fourth-order valence-corrected chi connectivity index (χ4v) is 3.17. The Kier molecular flexibility index (Phi) is 4.97. The smallest absolute Gasteiger partial charge is 0.274 e. The number of amides is 2. The molecule has 30 heavy (non-hydrogen) atoms. The number of aromatic nitrogens is 3. The van der Waals surface area contributed by atoms with E-state index in [-0.39, 0.29) is 17.1 Å². The number of nitrogens with zero attached hydrogens (tertiary/aromatic N) is 3. The van der Waals surface area contributed by atoms with Crippen molar-refractivity contribution >= 4 is 28.4 Å². The number of rotatable bonds is 5. The molecule has 2 aromatic heterocycles. The summed E-state index contributed by atoms with van der Waals surface area (Å²) in [6.07, 6.45) is 1.53. The number of hydrogen-bond acceptors (Lipinski definition) is 4. The third-order valence-electron chi connectivity index (χ3n) is 4.81. The number of nitrogens with one attached hydrogen (secondary N) is 1. The molecule has 2 amide bonds. The molecule has 0 saturated heterocycles. The molecule has 3 N–H and O–H groups in total. The number of pyridine rings is 1. The summed E-state index contributed by atoms with van der Waals surface area (Å²) in [5, 5.41) is 7.65. The lowest BCUT2D eigenvalue weighted by atomic mass is 10.1. The van der Waals surface area contributed by atoms with Crippen molar-refractivity contribution in [2.45, 2.75) is 13.5 Å². The Balaban J connectivity index is 1.59. The van der Waals surface area contributed by atoms with Gasteiger partial charge >= 0.3 is 0 Å². The fraction of sp³-hybridized carbons (Fsp3) is 0.0909. The van der Waals surface area contributed by atoms with Crippen LogP contribution in [-0.4, -0.2) is 26.6 Å². The maximum atomic E-state index is 13.1. The van der Waals surface area contributed by atoms with Crippen LogP contribution in [0.2, 0.25) is 0 Å². The molecule has 0 saturated carbocycles. The number of para-hydroxylation sites is 1. The van der Waals surface area contributed by atoms with Crippen molar-refractivity contribution in [3.8, 4) is 0 Å². The SMILES string of the molecule is Cc1c(NC(=O)c2cc(C(N)=O)c3ccccc3n2)cnn1Cc1ccc(F)cc1. The summed E-state index contributed by atoms with van der Waals surface area (Å²) in [6.45, 7) is 2.25. The van der Waals surface area contributed by atoms with Gasteiger partial charge < -0.3 is 11.1 Å². The first-order valence-corrected chi connectivity index (χ1v) is 9.20. The van der Waals surface area contributed by atoms with Gasteiger partial charge in [-0.05, 0) is 36.8 Å². The van der Waals surface area contributed by atoms with Crippen molar-refractivity contribution in [3.05, 3.63) is 89.1 Å². The molecule has 0 spiro atoms. The normalized spacial score (nSPS) is 10.9. The topological polar surface area (TPSA) is 103 Å². The molecule has 0 unspecified atom stereocenters. The van der Waals surface area contributed by atoms with Crippen LogP contribution >= 0.6 is 0 Å². The minimum atomic E-state index is -0.633. The van der Waals surface area contributed by atoms with Crippen molar-refractivity contribution in [1.29, 1.82) is 0 Å². The zero-order valence-corrected chi connectivity index (χ0v) is 16.1. The molecular weight excluding hydrogens is 385 g/mol. The number of carbonyl (C=O) groups is 2. The van der Waals surface area contributed by atoms with Crippen LogP contribution in [0.15, 0.2) is 60.8 Å². The van der Waals surface area contributed by atoms with Gasteiger partial charge in [0.05, 0.1) is 35.2 Å². The molecule has 0 atom stereocenters. The van der Waals surface area contributed by atoms with E-state index in [1.165, 1.54) is 24.4 Å². The lowest BCUT2D eigenvalue weighted by Gasteiger charge is -2.09. The van der Waals surface area contributed by atoms with E-state index in [1.807, 2.05) is 6.92 Å². The molecule has 4 aromatic rings. The molecule has 0 aliphatic heterocycles. The van der Waals surface area contributed by atoms with Crippen LogP contribution in [0, 0.1) is 12.7 Å². The first-order valence-electron chi connectivity index (χ1n) is 9.20. The largest absolute Gasteiger partial charge is 0.366 e. The molecule has 7 nitrogen and oxygen atoms in total. The molecule has 0 aliphatic rings.